The first kappa shape index (κ1) is 22.7. The van der Waals surface area contributed by atoms with Crippen molar-refractivity contribution in [2.75, 3.05) is 17.7 Å². The number of carbonyl (C=O) groups excluding carboxylic acids is 3. The van der Waals surface area contributed by atoms with Crippen molar-refractivity contribution in [3.8, 4) is 11.5 Å². The van der Waals surface area contributed by atoms with E-state index in [2.05, 4.69) is 10.6 Å². The van der Waals surface area contributed by atoms with Crippen LogP contribution in [0.25, 0.3) is 10.8 Å². The molecule has 0 aromatic heterocycles. The fourth-order valence-corrected chi connectivity index (χ4v) is 3.52. The molecule has 0 radical (unpaired) electrons. The Morgan fingerprint density at radius 1 is 1.03 bits per heavy atom. The largest absolute Gasteiger partial charge is 0.505 e. The van der Waals surface area contributed by atoms with Crippen LogP contribution in [0.2, 0.25) is 0 Å². The summed E-state index contributed by atoms with van der Waals surface area (Å²) in [4.78, 5) is 37.6. The zero-order chi connectivity index (χ0) is 24.5. The lowest BCUT2D eigenvalue weighted by molar-refractivity contribution is -0.222. The number of amides is 1. The molecule has 34 heavy (non-hydrogen) atoms. The molecule has 4 rings (SSSR count). The predicted octanol–water partition coefficient (Wildman–Crippen LogP) is 3.94. The van der Waals surface area contributed by atoms with Crippen LogP contribution < -0.4 is 15.4 Å². The quantitative estimate of drug-likeness (QED) is 0.226. The van der Waals surface area contributed by atoms with Crippen LogP contribution in [0, 0.1) is 0 Å². The molecule has 9 nitrogen and oxygen atoms in total. The number of methoxy groups -OCH3 is 1. The Bertz CT molecular complexity index is 1320. The van der Waals surface area contributed by atoms with Crippen molar-refractivity contribution < 1.29 is 33.7 Å². The number of phenolic OH excluding ortho intramolecular Hbond substituents is 1. The van der Waals surface area contributed by atoms with Crippen molar-refractivity contribution in [3.05, 3.63) is 71.9 Å². The van der Waals surface area contributed by atoms with Gasteiger partial charge in [0.05, 0.1) is 24.0 Å². The highest BCUT2D eigenvalue weighted by molar-refractivity contribution is 6.16. The molecule has 1 aliphatic rings. The van der Waals surface area contributed by atoms with Gasteiger partial charge >= 0.3 is 11.9 Å². The van der Waals surface area contributed by atoms with E-state index in [1.54, 1.807) is 54.6 Å². The average molecular weight is 462 g/mol. The number of carbonyl (C=O) groups is 3. The number of para-hydroxylation sites is 2. The third-order valence-corrected chi connectivity index (χ3v) is 5.10. The molecule has 1 fully saturated rings. The summed E-state index contributed by atoms with van der Waals surface area (Å²) in [5.74, 6) is -3.62. The maximum Gasteiger partial charge on any atom is 0.350 e. The molecular formula is C25H22N2O7. The Hall–Kier alpha value is -4.53. The van der Waals surface area contributed by atoms with Crippen molar-refractivity contribution in [1.82, 2.24) is 0 Å². The summed E-state index contributed by atoms with van der Waals surface area (Å²) in [5, 5.41) is 17.7. The van der Waals surface area contributed by atoms with E-state index in [0.717, 1.165) is 6.20 Å². The highest BCUT2D eigenvalue weighted by Gasteiger charge is 2.39. The number of aromatic hydroxyl groups is 1. The number of fused-ring (bicyclic) bond motifs is 1. The van der Waals surface area contributed by atoms with Gasteiger partial charge in [0.1, 0.15) is 5.75 Å². The molecule has 9 heteroatoms. The van der Waals surface area contributed by atoms with Gasteiger partial charge in [-0.1, -0.05) is 36.4 Å². The van der Waals surface area contributed by atoms with Crippen molar-refractivity contribution in [2.24, 2.45) is 0 Å². The van der Waals surface area contributed by atoms with Gasteiger partial charge in [0.2, 0.25) is 0 Å². The lowest BCUT2D eigenvalue weighted by Crippen LogP contribution is -2.42. The number of cyclic esters (lactones) is 2. The summed E-state index contributed by atoms with van der Waals surface area (Å²) < 4.78 is 15.4. The Kier molecular flexibility index (Phi) is 5.85. The number of hydrogen-bond donors (Lipinski definition) is 3. The molecule has 1 aliphatic heterocycles. The summed E-state index contributed by atoms with van der Waals surface area (Å²) in [6, 6.07) is 15.4. The van der Waals surface area contributed by atoms with E-state index < -0.39 is 23.6 Å². The molecule has 1 amide bonds. The smallest absolute Gasteiger partial charge is 0.350 e. The maximum atomic E-state index is 13.1. The van der Waals surface area contributed by atoms with E-state index in [1.807, 2.05) is 0 Å². The second-order valence-corrected chi connectivity index (χ2v) is 7.90. The van der Waals surface area contributed by atoms with Crippen LogP contribution in [0.15, 0.2) is 66.4 Å². The second kappa shape index (κ2) is 8.78. The topological polar surface area (TPSA) is 123 Å². The lowest BCUT2D eigenvalue weighted by Gasteiger charge is -2.29. The van der Waals surface area contributed by atoms with Gasteiger partial charge in [-0.25, -0.2) is 9.59 Å². The van der Waals surface area contributed by atoms with Crippen molar-refractivity contribution >= 4 is 40.0 Å². The number of nitrogens with one attached hydrogen (secondary N) is 2. The predicted molar refractivity (Wildman–Crippen MR) is 125 cm³/mol. The Morgan fingerprint density at radius 3 is 2.38 bits per heavy atom. The second-order valence-electron chi connectivity index (χ2n) is 7.90. The van der Waals surface area contributed by atoms with E-state index in [1.165, 1.54) is 21.0 Å². The van der Waals surface area contributed by atoms with Crippen molar-refractivity contribution in [3.63, 3.8) is 0 Å². The Morgan fingerprint density at radius 2 is 1.68 bits per heavy atom. The standard InChI is InChI=1S/C25H22N2O7/c1-25(2)33-23(30)17(24(31)34-25)13-26-20-15-9-5-4-8-14(15)12-16(21(20)28)22(29)27-18-10-6-7-11-19(18)32-3/h4-13,26,28H,1-3H3,(H,27,29). The fraction of sp³-hybridized carbons (Fsp3) is 0.160. The number of benzene rings is 3. The molecule has 0 bridgehead atoms. The molecule has 174 valence electrons. The lowest BCUT2D eigenvalue weighted by atomic mass is 10.0. The summed E-state index contributed by atoms with van der Waals surface area (Å²) in [6.45, 7) is 2.88. The first-order valence-corrected chi connectivity index (χ1v) is 10.3. The monoisotopic (exact) mass is 462 g/mol. The SMILES string of the molecule is COc1ccccc1NC(=O)c1cc2ccccc2c(NC=C2C(=O)OC(C)(C)OC2=O)c1O. The summed E-state index contributed by atoms with van der Waals surface area (Å²) in [5.41, 5.74) is 0.142. The molecule has 0 saturated carbocycles. The number of rotatable bonds is 5. The van der Waals surface area contributed by atoms with Crippen molar-refractivity contribution in [2.45, 2.75) is 19.6 Å². The molecule has 0 atom stereocenters. The van der Waals surface area contributed by atoms with E-state index >= 15 is 0 Å². The van der Waals surface area contributed by atoms with Gasteiger partial charge in [-0.15, -0.1) is 0 Å². The van der Waals surface area contributed by atoms with Gasteiger partial charge in [0, 0.05) is 25.4 Å². The molecular weight excluding hydrogens is 440 g/mol. The molecule has 3 aromatic carbocycles. The van der Waals surface area contributed by atoms with Crippen LogP contribution in [-0.4, -0.2) is 35.8 Å². The molecule has 3 aromatic rings. The molecule has 0 aliphatic carbocycles. The third-order valence-electron chi connectivity index (χ3n) is 5.10. The molecule has 3 N–H and O–H groups in total. The molecule has 0 spiro atoms. The Balaban J connectivity index is 1.73. The fourth-order valence-electron chi connectivity index (χ4n) is 3.52. The van der Waals surface area contributed by atoms with Crippen LogP contribution in [0.4, 0.5) is 11.4 Å². The number of ether oxygens (including phenoxy) is 3. The zero-order valence-corrected chi connectivity index (χ0v) is 18.7. The van der Waals surface area contributed by atoms with E-state index in [-0.39, 0.29) is 22.6 Å². The maximum absolute atomic E-state index is 13.1. The molecule has 1 saturated heterocycles. The van der Waals surface area contributed by atoms with Crippen LogP contribution >= 0.6 is 0 Å². The minimum absolute atomic E-state index is 0.0274. The van der Waals surface area contributed by atoms with Crippen molar-refractivity contribution in [1.29, 1.82) is 0 Å². The van der Waals surface area contributed by atoms with Gasteiger partial charge in [-0.3, -0.25) is 4.79 Å². The summed E-state index contributed by atoms with van der Waals surface area (Å²) in [6.07, 6.45) is 1.09. The van der Waals surface area contributed by atoms with Gasteiger partial charge in [-0.2, -0.15) is 0 Å². The number of esters is 2. The van der Waals surface area contributed by atoms with Gasteiger partial charge in [0.15, 0.2) is 11.3 Å². The number of phenols is 1. The highest BCUT2D eigenvalue weighted by atomic mass is 16.7. The molecule has 1 heterocycles. The van der Waals surface area contributed by atoms with Gasteiger partial charge in [-0.05, 0) is 23.6 Å². The summed E-state index contributed by atoms with van der Waals surface area (Å²) >= 11 is 0. The number of anilines is 2. The van der Waals surface area contributed by atoms with E-state index in [4.69, 9.17) is 14.2 Å². The Labute approximate surface area is 194 Å². The highest BCUT2D eigenvalue weighted by Crippen LogP contribution is 2.37. The van der Waals surface area contributed by atoms with Crippen LogP contribution in [0.5, 0.6) is 11.5 Å². The van der Waals surface area contributed by atoms with Crippen LogP contribution in [0.3, 0.4) is 0 Å². The minimum atomic E-state index is -1.38. The average Bonchev–Trinajstić information content (AvgIpc) is 2.79. The number of hydrogen-bond acceptors (Lipinski definition) is 8. The van der Waals surface area contributed by atoms with E-state index in [0.29, 0.717) is 22.2 Å². The minimum Gasteiger partial charge on any atom is -0.505 e. The van der Waals surface area contributed by atoms with Gasteiger partial charge < -0.3 is 30.0 Å². The molecule has 0 unspecified atom stereocenters. The van der Waals surface area contributed by atoms with Gasteiger partial charge in [0.25, 0.3) is 11.7 Å². The van der Waals surface area contributed by atoms with Crippen LogP contribution in [0.1, 0.15) is 24.2 Å². The van der Waals surface area contributed by atoms with E-state index in [9.17, 15) is 19.5 Å². The first-order valence-electron chi connectivity index (χ1n) is 10.3. The zero-order valence-electron chi connectivity index (χ0n) is 18.7. The normalized spacial score (nSPS) is 14.7. The summed E-state index contributed by atoms with van der Waals surface area (Å²) in [7, 11) is 1.48. The first-order chi connectivity index (χ1) is 16.2. The van der Waals surface area contributed by atoms with Crippen LogP contribution in [-0.2, 0) is 19.1 Å². The third kappa shape index (κ3) is 4.36.